The van der Waals surface area contributed by atoms with Crippen LogP contribution in [-0.4, -0.2) is 22.0 Å². The molecule has 0 aliphatic heterocycles. The van der Waals surface area contributed by atoms with Crippen LogP contribution in [0, 0.1) is 17.8 Å². The predicted octanol–water partition coefficient (Wildman–Crippen LogP) is 3.29. The second kappa shape index (κ2) is 8.07. The van der Waals surface area contributed by atoms with E-state index in [2.05, 4.69) is 22.5 Å². The number of hydrogen-bond donors (Lipinski definition) is 1. The fourth-order valence-corrected chi connectivity index (χ4v) is 4.47. The van der Waals surface area contributed by atoms with E-state index in [-0.39, 0.29) is 11.5 Å². The van der Waals surface area contributed by atoms with Crippen LogP contribution >= 0.6 is 0 Å². The first kappa shape index (κ1) is 18.0. The van der Waals surface area contributed by atoms with Crippen molar-refractivity contribution in [3.8, 4) is 0 Å². The molecule has 0 radical (unpaired) electrons. The summed E-state index contributed by atoms with van der Waals surface area (Å²) in [5.74, 6) is 2.23. The summed E-state index contributed by atoms with van der Waals surface area (Å²) < 4.78 is 1.67. The van der Waals surface area contributed by atoms with Gasteiger partial charge in [0.2, 0.25) is 5.91 Å². The second-order valence-corrected chi connectivity index (χ2v) is 7.92. The van der Waals surface area contributed by atoms with E-state index in [1.807, 2.05) is 24.3 Å². The fraction of sp³-hybridized carbons (Fsp3) is 0.500. The molecule has 142 valence electrons. The number of para-hydroxylation sites is 1. The van der Waals surface area contributed by atoms with Gasteiger partial charge in [0.1, 0.15) is 0 Å². The van der Waals surface area contributed by atoms with E-state index in [4.69, 9.17) is 0 Å². The Morgan fingerprint density at radius 1 is 1.15 bits per heavy atom. The molecular formula is C22H27N3O2. The Labute approximate surface area is 159 Å². The highest BCUT2D eigenvalue weighted by Crippen LogP contribution is 2.42. The Morgan fingerprint density at radius 2 is 2.04 bits per heavy atom. The topological polar surface area (TPSA) is 64.0 Å². The van der Waals surface area contributed by atoms with E-state index >= 15 is 0 Å². The smallest absolute Gasteiger partial charge is 0.261 e. The number of benzene rings is 1. The minimum absolute atomic E-state index is 0.0123. The summed E-state index contributed by atoms with van der Waals surface area (Å²) in [7, 11) is 0. The first-order valence-electron chi connectivity index (χ1n) is 10.1. The fourth-order valence-electron chi connectivity index (χ4n) is 4.47. The Kier molecular flexibility index (Phi) is 5.37. The van der Waals surface area contributed by atoms with Crippen LogP contribution in [0.15, 0.2) is 47.5 Å². The number of nitrogens with one attached hydrogen (secondary N) is 1. The number of allylic oxidation sites excluding steroid dienone is 2. The lowest BCUT2D eigenvalue weighted by Gasteiger charge is -2.18. The van der Waals surface area contributed by atoms with Crippen molar-refractivity contribution >= 4 is 16.8 Å². The standard InChI is InChI=1S/C22H27N3O2/c26-21(23-14-18-13-16-9-10-17(18)12-16)8-2-1-5-11-25-15-24-20-7-4-3-6-19(20)22(25)27/h3-4,6-7,9-10,15-18H,1-2,5,8,11-14H2,(H,23,26)/t16-,17-,18+/m0/s1. The zero-order valence-corrected chi connectivity index (χ0v) is 15.6. The molecule has 2 bridgehead atoms. The lowest BCUT2D eigenvalue weighted by molar-refractivity contribution is -0.121. The summed E-state index contributed by atoms with van der Waals surface area (Å²) in [5, 5.41) is 3.77. The first-order valence-corrected chi connectivity index (χ1v) is 10.1. The normalized spacial score (nSPS) is 23.2. The van der Waals surface area contributed by atoms with Crippen LogP contribution in [0.1, 0.15) is 38.5 Å². The number of aryl methyl sites for hydroxylation is 1. The van der Waals surface area contributed by atoms with Crippen molar-refractivity contribution in [2.24, 2.45) is 17.8 Å². The molecule has 3 atom stereocenters. The molecule has 2 aliphatic carbocycles. The molecule has 27 heavy (non-hydrogen) atoms. The molecule has 4 rings (SSSR count). The maximum atomic E-state index is 12.4. The second-order valence-electron chi connectivity index (χ2n) is 7.92. The van der Waals surface area contributed by atoms with Gasteiger partial charge >= 0.3 is 0 Å². The van der Waals surface area contributed by atoms with Crippen LogP contribution < -0.4 is 10.9 Å². The van der Waals surface area contributed by atoms with Crippen molar-refractivity contribution in [3.05, 3.63) is 53.1 Å². The molecule has 2 aliphatic rings. The highest BCUT2D eigenvalue weighted by Gasteiger charge is 2.35. The van der Waals surface area contributed by atoms with Gasteiger partial charge in [0, 0.05) is 19.5 Å². The number of rotatable bonds is 8. The number of aromatic nitrogens is 2. The van der Waals surface area contributed by atoms with Gasteiger partial charge in [-0.05, 0) is 55.6 Å². The molecule has 0 unspecified atom stereocenters. The summed E-state index contributed by atoms with van der Waals surface area (Å²) in [6.45, 7) is 1.47. The molecule has 1 amide bonds. The van der Waals surface area contributed by atoms with E-state index in [1.165, 1.54) is 12.8 Å². The third-order valence-electron chi connectivity index (χ3n) is 6.01. The molecule has 0 saturated heterocycles. The van der Waals surface area contributed by atoms with Crippen LogP contribution in [0.3, 0.4) is 0 Å². The largest absolute Gasteiger partial charge is 0.356 e. The van der Waals surface area contributed by atoms with Gasteiger partial charge < -0.3 is 5.32 Å². The molecule has 1 fully saturated rings. The van der Waals surface area contributed by atoms with Crippen LogP contribution in [-0.2, 0) is 11.3 Å². The number of amides is 1. The van der Waals surface area contributed by atoms with Gasteiger partial charge in [-0.2, -0.15) is 0 Å². The van der Waals surface area contributed by atoms with Crippen molar-refractivity contribution in [1.82, 2.24) is 14.9 Å². The number of fused-ring (bicyclic) bond motifs is 3. The molecular weight excluding hydrogens is 338 g/mol. The van der Waals surface area contributed by atoms with Crippen LogP contribution in [0.4, 0.5) is 0 Å². The van der Waals surface area contributed by atoms with Gasteiger partial charge in [-0.15, -0.1) is 0 Å². The zero-order chi connectivity index (χ0) is 18.6. The number of carbonyl (C=O) groups is 1. The third kappa shape index (κ3) is 4.12. The average Bonchev–Trinajstić information content (AvgIpc) is 3.31. The van der Waals surface area contributed by atoms with Crippen LogP contribution in [0.25, 0.3) is 10.9 Å². The van der Waals surface area contributed by atoms with Gasteiger partial charge in [-0.25, -0.2) is 4.98 Å². The summed E-state index contributed by atoms with van der Waals surface area (Å²) in [6.07, 6.45) is 12.0. The molecule has 2 aromatic rings. The van der Waals surface area contributed by atoms with Crippen molar-refractivity contribution in [2.45, 2.75) is 45.1 Å². The van der Waals surface area contributed by atoms with Crippen molar-refractivity contribution in [1.29, 1.82) is 0 Å². The van der Waals surface area contributed by atoms with E-state index in [9.17, 15) is 9.59 Å². The zero-order valence-electron chi connectivity index (χ0n) is 15.6. The van der Waals surface area contributed by atoms with Crippen molar-refractivity contribution in [2.75, 3.05) is 6.54 Å². The lowest BCUT2D eigenvalue weighted by Crippen LogP contribution is -2.30. The van der Waals surface area contributed by atoms with Gasteiger partial charge in [-0.1, -0.05) is 30.7 Å². The third-order valence-corrected chi connectivity index (χ3v) is 6.01. The Bertz CT molecular complexity index is 902. The molecule has 1 N–H and O–H groups in total. The lowest BCUT2D eigenvalue weighted by atomic mass is 9.93. The molecule has 5 nitrogen and oxygen atoms in total. The quantitative estimate of drug-likeness (QED) is 0.577. The summed E-state index contributed by atoms with van der Waals surface area (Å²) in [4.78, 5) is 28.8. The van der Waals surface area contributed by atoms with Crippen molar-refractivity contribution in [3.63, 3.8) is 0 Å². The summed E-state index contributed by atoms with van der Waals surface area (Å²) in [6, 6.07) is 7.42. The van der Waals surface area contributed by atoms with E-state index < -0.39 is 0 Å². The number of hydrogen-bond acceptors (Lipinski definition) is 3. The Morgan fingerprint density at radius 3 is 2.85 bits per heavy atom. The molecule has 5 heteroatoms. The SMILES string of the molecule is O=C(CCCCCn1cnc2ccccc2c1=O)NC[C@H]1C[C@H]2C=C[C@H]1C2. The highest BCUT2D eigenvalue weighted by molar-refractivity contribution is 5.77. The summed E-state index contributed by atoms with van der Waals surface area (Å²) in [5.41, 5.74) is 0.750. The van der Waals surface area contributed by atoms with Gasteiger partial charge in [0.15, 0.2) is 0 Å². The minimum Gasteiger partial charge on any atom is -0.356 e. The predicted molar refractivity (Wildman–Crippen MR) is 106 cm³/mol. The molecule has 1 aromatic carbocycles. The first-order chi connectivity index (χ1) is 13.2. The average molecular weight is 365 g/mol. The van der Waals surface area contributed by atoms with Crippen molar-refractivity contribution < 1.29 is 4.79 Å². The monoisotopic (exact) mass is 365 g/mol. The molecule has 1 saturated carbocycles. The molecule has 1 heterocycles. The van der Waals surface area contributed by atoms with E-state index in [0.29, 0.717) is 30.2 Å². The number of unbranched alkanes of at least 4 members (excludes halogenated alkanes) is 2. The van der Waals surface area contributed by atoms with E-state index in [0.717, 1.165) is 37.2 Å². The minimum atomic E-state index is 0.0123. The maximum absolute atomic E-state index is 12.4. The maximum Gasteiger partial charge on any atom is 0.261 e. The van der Waals surface area contributed by atoms with Gasteiger partial charge in [0.25, 0.3) is 5.56 Å². The summed E-state index contributed by atoms with van der Waals surface area (Å²) >= 11 is 0. The highest BCUT2D eigenvalue weighted by atomic mass is 16.1. The number of nitrogens with zero attached hydrogens (tertiary/aromatic N) is 2. The number of carbonyl (C=O) groups excluding carboxylic acids is 1. The van der Waals surface area contributed by atoms with Gasteiger partial charge in [0.05, 0.1) is 17.2 Å². The van der Waals surface area contributed by atoms with E-state index in [1.54, 1.807) is 10.9 Å². The Balaban J connectivity index is 1.15. The molecule has 0 spiro atoms. The van der Waals surface area contributed by atoms with Crippen LogP contribution in [0.5, 0.6) is 0 Å². The van der Waals surface area contributed by atoms with Gasteiger partial charge in [-0.3, -0.25) is 14.2 Å². The van der Waals surface area contributed by atoms with Crippen LogP contribution in [0.2, 0.25) is 0 Å². The molecule has 1 aromatic heterocycles. The Hall–Kier alpha value is -2.43.